The molecule has 1 heterocycles. The van der Waals surface area contributed by atoms with E-state index in [1.807, 2.05) is 4.90 Å². The second kappa shape index (κ2) is 4.30. The Hall–Kier alpha value is -0.570. The Balaban J connectivity index is 2.52. The number of hydrogen-bond acceptors (Lipinski definition) is 2. The third-order valence-corrected chi connectivity index (χ3v) is 2.59. The first-order valence-corrected chi connectivity index (χ1v) is 5.34. The standard InChI is InChI=1S/C11H21NO2/c1-11(2,3)7-10(14)12-6-4-5-9(12)8-13/h9,13H,4-8H2,1-3H3/t9-/m0/s1. The van der Waals surface area contributed by atoms with Crippen molar-refractivity contribution in [2.75, 3.05) is 13.2 Å². The topological polar surface area (TPSA) is 40.5 Å². The predicted octanol–water partition coefficient (Wildman–Crippen LogP) is 1.41. The van der Waals surface area contributed by atoms with Gasteiger partial charge in [0.05, 0.1) is 12.6 Å². The molecule has 1 saturated heterocycles. The number of aliphatic hydroxyl groups is 1. The number of amides is 1. The molecule has 0 aromatic heterocycles. The van der Waals surface area contributed by atoms with Crippen LogP contribution in [0, 0.1) is 5.41 Å². The molecule has 0 spiro atoms. The maximum atomic E-state index is 11.8. The van der Waals surface area contributed by atoms with Crippen molar-refractivity contribution in [3.05, 3.63) is 0 Å². The first-order chi connectivity index (χ1) is 6.44. The molecular formula is C11H21NO2. The minimum Gasteiger partial charge on any atom is -0.394 e. The third kappa shape index (κ3) is 2.98. The summed E-state index contributed by atoms with van der Waals surface area (Å²) in [4.78, 5) is 13.7. The maximum Gasteiger partial charge on any atom is 0.223 e. The fourth-order valence-corrected chi connectivity index (χ4v) is 1.91. The van der Waals surface area contributed by atoms with Crippen molar-refractivity contribution >= 4 is 5.91 Å². The average molecular weight is 199 g/mol. The lowest BCUT2D eigenvalue weighted by molar-refractivity contribution is -0.134. The van der Waals surface area contributed by atoms with Crippen LogP contribution >= 0.6 is 0 Å². The van der Waals surface area contributed by atoms with Gasteiger partial charge in [-0.05, 0) is 18.3 Å². The van der Waals surface area contributed by atoms with Crippen LogP contribution in [-0.2, 0) is 4.79 Å². The van der Waals surface area contributed by atoms with Crippen LogP contribution in [0.25, 0.3) is 0 Å². The Morgan fingerprint density at radius 3 is 2.64 bits per heavy atom. The molecule has 0 aromatic carbocycles. The molecule has 0 saturated carbocycles. The summed E-state index contributed by atoms with van der Waals surface area (Å²) < 4.78 is 0. The van der Waals surface area contributed by atoms with Crippen molar-refractivity contribution in [2.45, 2.75) is 46.1 Å². The summed E-state index contributed by atoms with van der Waals surface area (Å²) in [6, 6.07) is 0.0739. The van der Waals surface area contributed by atoms with E-state index in [0.717, 1.165) is 19.4 Å². The van der Waals surface area contributed by atoms with Crippen LogP contribution in [0.5, 0.6) is 0 Å². The number of aliphatic hydroxyl groups excluding tert-OH is 1. The number of likely N-dealkylation sites (tertiary alicyclic amines) is 1. The van der Waals surface area contributed by atoms with Crippen molar-refractivity contribution in [1.82, 2.24) is 4.90 Å². The van der Waals surface area contributed by atoms with Crippen molar-refractivity contribution in [3.63, 3.8) is 0 Å². The highest BCUT2D eigenvalue weighted by molar-refractivity contribution is 5.77. The molecule has 1 aliphatic rings. The third-order valence-electron chi connectivity index (χ3n) is 2.59. The Morgan fingerprint density at radius 2 is 2.14 bits per heavy atom. The van der Waals surface area contributed by atoms with Crippen molar-refractivity contribution in [1.29, 1.82) is 0 Å². The molecule has 14 heavy (non-hydrogen) atoms. The highest BCUT2D eigenvalue weighted by Crippen LogP contribution is 2.24. The highest BCUT2D eigenvalue weighted by Gasteiger charge is 2.29. The van der Waals surface area contributed by atoms with Crippen LogP contribution < -0.4 is 0 Å². The molecule has 1 N–H and O–H groups in total. The van der Waals surface area contributed by atoms with E-state index in [2.05, 4.69) is 20.8 Å². The molecule has 1 aliphatic heterocycles. The molecule has 82 valence electrons. The monoisotopic (exact) mass is 199 g/mol. The largest absolute Gasteiger partial charge is 0.394 e. The second-order valence-electron chi connectivity index (χ2n) is 5.30. The molecule has 0 aliphatic carbocycles. The van der Waals surface area contributed by atoms with E-state index in [-0.39, 0.29) is 24.0 Å². The van der Waals surface area contributed by atoms with Gasteiger partial charge in [-0.2, -0.15) is 0 Å². The molecular weight excluding hydrogens is 178 g/mol. The number of hydrogen-bond donors (Lipinski definition) is 1. The summed E-state index contributed by atoms with van der Waals surface area (Å²) in [6.07, 6.45) is 2.55. The normalized spacial score (nSPS) is 22.9. The van der Waals surface area contributed by atoms with Gasteiger partial charge >= 0.3 is 0 Å². The SMILES string of the molecule is CC(C)(C)CC(=O)N1CCC[C@H]1CO. The average Bonchev–Trinajstić information content (AvgIpc) is 2.47. The number of nitrogens with zero attached hydrogens (tertiary/aromatic N) is 1. The Bertz CT molecular complexity index is 208. The van der Waals surface area contributed by atoms with E-state index in [0.29, 0.717) is 6.42 Å². The van der Waals surface area contributed by atoms with Gasteiger partial charge in [0.15, 0.2) is 0 Å². The van der Waals surface area contributed by atoms with Crippen molar-refractivity contribution < 1.29 is 9.90 Å². The summed E-state index contributed by atoms with van der Waals surface area (Å²) in [6.45, 7) is 7.12. The quantitative estimate of drug-likeness (QED) is 0.730. The smallest absolute Gasteiger partial charge is 0.223 e. The molecule has 0 unspecified atom stereocenters. The van der Waals surface area contributed by atoms with Gasteiger partial charge in [-0.25, -0.2) is 0 Å². The summed E-state index contributed by atoms with van der Waals surface area (Å²) in [5.41, 5.74) is 0.0413. The zero-order valence-electron chi connectivity index (χ0n) is 9.42. The van der Waals surface area contributed by atoms with E-state index in [1.165, 1.54) is 0 Å². The van der Waals surface area contributed by atoms with E-state index < -0.39 is 0 Å². The van der Waals surface area contributed by atoms with Gasteiger partial charge in [0, 0.05) is 13.0 Å². The molecule has 1 fully saturated rings. The van der Waals surface area contributed by atoms with Gasteiger partial charge in [0.25, 0.3) is 0 Å². The molecule has 1 rings (SSSR count). The molecule has 1 atom stereocenters. The van der Waals surface area contributed by atoms with E-state index in [1.54, 1.807) is 0 Å². The summed E-state index contributed by atoms with van der Waals surface area (Å²) in [5, 5.41) is 9.09. The fraction of sp³-hybridized carbons (Fsp3) is 0.909. The lowest BCUT2D eigenvalue weighted by Crippen LogP contribution is -2.39. The molecule has 3 heteroatoms. The predicted molar refractivity (Wildman–Crippen MR) is 55.9 cm³/mol. The van der Waals surface area contributed by atoms with Crippen LogP contribution in [-0.4, -0.2) is 35.1 Å². The van der Waals surface area contributed by atoms with Crippen LogP contribution in [0.1, 0.15) is 40.0 Å². The Kier molecular flexibility index (Phi) is 3.53. The fourth-order valence-electron chi connectivity index (χ4n) is 1.91. The molecule has 0 aromatic rings. The van der Waals surface area contributed by atoms with Crippen LogP contribution in [0.2, 0.25) is 0 Å². The lowest BCUT2D eigenvalue weighted by Gasteiger charge is -2.27. The number of carbonyl (C=O) groups excluding carboxylic acids is 1. The van der Waals surface area contributed by atoms with Gasteiger partial charge in [0.2, 0.25) is 5.91 Å². The Morgan fingerprint density at radius 1 is 1.50 bits per heavy atom. The minimum atomic E-state index is 0.0413. The molecule has 0 bridgehead atoms. The van der Waals surface area contributed by atoms with Crippen molar-refractivity contribution in [2.24, 2.45) is 5.41 Å². The van der Waals surface area contributed by atoms with E-state index in [4.69, 9.17) is 5.11 Å². The molecule has 1 amide bonds. The highest BCUT2D eigenvalue weighted by atomic mass is 16.3. The van der Waals surface area contributed by atoms with E-state index in [9.17, 15) is 4.79 Å². The van der Waals surface area contributed by atoms with Gasteiger partial charge in [0.1, 0.15) is 0 Å². The maximum absolute atomic E-state index is 11.8. The first-order valence-electron chi connectivity index (χ1n) is 5.34. The lowest BCUT2D eigenvalue weighted by atomic mass is 9.91. The van der Waals surface area contributed by atoms with E-state index >= 15 is 0 Å². The Labute approximate surface area is 86.1 Å². The summed E-state index contributed by atoms with van der Waals surface area (Å²) in [7, 11) is 0. The molecule has 0 radical (unpaired) electrons. The zero-order chi connectivity index (χ0) is 10.8. The van der Waals surface area contributed by atoms with Crippen molar-refractivity contribution in [3.8, 4) is 0 Å². The summed E-state index contributed by atoms with van der Waals surface area (Å²) >= 11 is 0. The van der Waals surface area contributed by atoms with Crippen LogP contribution in [0.15, 0.2) is 0 Å². The minimum absolute atomic E-state index is 0.0413. The molecule has 3 nitrogen and oxygen atoms in total. The van der Waals surface area contributed by atoms with Gasteiger partial charge in [-0.1, -0.05) is 20.8 Å². The van der Waals surface area contributed by atoms with Gasteiger partial charge in [-0.3, -0.25) is 4.79 Å². The number of rotatable bonds is 2. The first kappa shape index (κ1) is 11.5. The number of carbonyl (C=O) groups is 1. The second-order valence-corrected chi connectivity index (χ2v) is 5.30. The van der Waals surface area contributed by atoms with Gasteiger partial charge in [-0.15, -0.1) is 0 Å². The summed E-state index contributed by atoms with van der Waals surface area (Å²) in [5.74, 6) is 0.189. The van der Waals surface area contributed by atoms with Crippen LogP contribution in [0.3, 0.4) is 0 Å². The van der Waals surface area contributed by atoms with Crippen LogP contribution in [0.4, 0.5) is 0 Å². The zero-order valence-corrected chi connectivity index (χ0v) is 9.42. The van der Waals surface area contributed by atoms with Gasteiger partial charge < -0.3 is 10.0 Å².